The summed E-state index contributed by atoms with van der Waals surface area (Å²) in [6.07, 6.45) is 3.06. The molecule has 7 heteroatoms. The molecule has 0 amide bonds. The Morgan fingerprint density at radius 3 is 2.81 bits per heavy atom. The summed E-state index contributed by atoms with van der Waals surface area (Å²) in [6.45, 7) is 3.14. The number of nitro groups is 1. The van der Waals surface area contributed by atoms with E-state index in [1.165, 1.54) is 6.07 Å². The number of benzene rings is 1. The number of hydrogen-bond acceptors (Lipinski definition) is 4. The third kappa shape index (κ3) is 3.18. The van der Waals surface area contributed by atoms with Crippen molar-refractivity contribution in [2.45, 2.75) is 32.2 Å². The number of hydrogen-bond donors (Lipinski definition) is 1. The number of nitrogens with two attached hydrogens (primary N) is 1. The van der Waals surface area contributed by atoms with Crippen LogP contribution in [0.2, 0.25) is 0 Å². The van der Waals surface area contributed by atoms with Gasteiger partial charge in [-0.2, -0.15) is 0 Å². The second-order valence-electron chi connectivity index (χ2n) is 5.29. The highest BCUT2D eigenvalue weighted by Crippen LogP contribution is 2.39. The lowest BCUT2D eigenvalue weighted by molar-refractivity contribution is -0.384. The van der Waals surface area contributed by atoms with Crippen LogP contribution in [0.25, 0.3) is 0 Å². The van der Waals surface area contributed by atoms with E-state index in [1.807, 2.05) is 11.8 Å². The maximum absolute atomic E-state index is 13.6. The van der Waals surface area contributed by atoms with Crippen LogP contribution in [0.4, 0.5) is 15.8 Å². The van der Waals surface area contributed by atoms with Gasteiger partial charge in [0.25, 0.3) is 5.69 Å². The molecule has 1 aromatic carbocycles. The molecule has 0 bridgehead atoms. The Hall–Kier alpha value is -1.21. The van der Waals surface area contributed by atoms with Gasteiger partial charge in [0.1, 0.15) is 11.5 Å². The molecule has 2 N–H and O–H groups in total. The Balaban J connectivity index is 2.46. The lowest BCUT2D eigenvalue weighted by Gasteiger charge is -2.33. The Morgan fingerprint density at radius 2 is 2.24 bits per heavy atom. The van der Waals surface area contributed by atoms with Gasteiger partial charge in [-0.25, -0.2) is 4.39 Å². The van der Waals surface area contributed by atoms with Gasteiger partial charge in [0.2, 0.25) is 0 Å². The quantitative estimate of drug-likeness (QED) is 0.645. The van der Waals surface area contributed by atoms with E-state index in [-0.39, 0.29) is 16.2 Å². The molecule has 0 aromatic heterocycles. The molecule has 0 aliphatic heterocycles. The molecule has 116 valence electrons. The lowest BCUT2D eigenvalue weighted by atomic mass is 10.0. The average molecular weight is 360 g/mol. The van der Waals surface area contributed by atoms with Crippen molar-refractivity contribution in [2.24, 2.45) is 11.7 Å². The molecular weight excluding hydrogens is 341 g/mol. The van der Waals surface area contributed by atoms with E-state index in [9.17, 15) is 14.5 Å². The van der Waals surface area contributed by atoms with E-state index in [0.717, 1.165) is 25.3 Å². The van der Waals surface area contributed by atoms with E-state index in [4.69, 9.17) is 5.73 Å². The SMILES string of the molecule is CCN(c1cc(Br)c(F)cc1[N+](=O)[O-])C1CCCC1CN. The van der Waals surface area contributed by atoms with Crippen LogP contribution in [0.15, 0.2) is 16.6 Å². The summed E-state index contributed by atoms with van der Waals surface area (Å²) in [5.41, 5.74) is 6.08. The highest BCUT2D eigenvalue weighted by atomic mass is 79.9. The minimum Gasteiger partial charge on any atom is -0.363 e. The summed E-state index contributed by atoms with van der Waals surface area (Å²) < 4.78 is 13.9. The third-order valence-corrected chi connectivity index (χ3v) is 4.79. The van der Waals surface area contributed by atoms with E-state index in [2.05, 4.69) is 15.9 Å². The molecule has 0 saturated heterocycles. The third-order valence-electron chi connectivity index (χ3n) is 4.19. The van der Waals surface area contributed by atoms with Crippen molar-refractivity contribution in [1.82, 2.24) is 0 Å². The van der Waals surface area contributed by atoms with Gasteiger partial charge in [-0.15, -0.1) is 0 Å². The van der Waals surface area contributed by atoms with Crippen LogP contribution in [0.1, 0.15) is 26.2 Å². The maximum atomic E-state index is 13.6. The van der Waals surface area contributed by atoms with Gasteiger partial charge in [-0.1, -0.05) is 6.42 Å². The van der Waals surface area contributed by atoms with Gasteiger partial charge < -0.3 is 10.6 Å². The van der Waals surface area contributed by atoms with Gasteiger partial charge in [0.15, 0.2) is 0 Å². The second-order valence-corrected chi connectivity index (χ2v) is 6.15. The van der Waals surface area contributed by atoms with E-state index < -0.39 is 10.7 Å². The number of rotatable bonds is 5. The fourth-order valence-electron chi connectivity index (χ4n) is 3.19. The largest absolute Gasteiger partial charge is 0.363 e. The summed E-state index contributed by atoms with van der Waals surface area (Å²) in [4.78, 5) is 12.7. The second kappa shape index (κ2) is 6.70. The zero-order valence-electron chi connectivity index (χ0n) is 11.9. The van der Waals surface area contributed by atoms with E-state index in [0.29, 0.717) is 24.7 Å². The van der Waals surface area contributed by atoms with Crippen molar-refractivity contribution in [3.63, 3.8) is 0 Å². The van der Waals surface area contributed by atoms with E-state index >= 15 is 0 Å². The summed E-state index contributed by atoms with van der Waals surface area (Å²) in [7, 11) is 0. The van der Waals surface area contributed by atoms with Crippen LogP contribution in [-0.2, 0) is 0 Å². The molecule has 1 aromatic rings. The average Bonchev–Trinajstić information content (AvgIpc) is 2.91. The minimum atomic E-state index is -0.622. The van der Waals surface area contributed by atoms with Gasteiger partial charge in [-0.05, 0) is 54.2 Å². The molecular formula is C14H19BrFN3O2. The number of anilines is 1. The topological polar surface area (TPSA) is 72.4 Å². The zero-order valence-corrected chi connectivity index (χ0v) is 13.5. The normalized spacial score (nSPS) is 21.5. The van der Waals surface area contributed by atoms with Gasteiger partial charge in [0, 0.05) is 12.6 Å². The first-order valence-electron chi connectivity index (χ1n) is 7.09. The highest BCUT2D eigenvalue weighted by Gasteiger charge is 2.34. The Labute approximate surface area is 131 Å². The van der Waals surface area contributed by atoms with E-state index in [1.54, 1.807) is 0 Å². The molecule has 0 heterocycles. The standard InChI is InChI=1S/C14H19BrFN3O2/c1-2-18(12-5-3-4-9(12)8-17)13-6-10(15)11(16)7-14(13)19(20)21/h6-7,9,12H,2-5,8,17H2,1H3. The molecule has 2 rings (SSSR count). The smallest absolute Gasteiger partial charge is 0.295 e. The summed E-state index contributed by atoms with van der Waals surface area (Å²) in [5, 5.41) is 11.2. The minimum absolute atomic E-state index is 0.177. The predicted octanol–water partition coefficient (Wildman–Crippen LogP) is 3.45. The Morgan fingerprint density at radius 1 is 1.52 bits per heavy atom. The molecule has 21 heavy (non-hydrogen) atoms. The fraction of sp³-hybridized carbons (Fsp3) is 0.571. The van der Waals surface area contributed by atoms with Crippen molar-refractivity contribution in [3.8, 4) is 0 Å². The van der Waals surface area contributed by atoms with Crippen molar-refractivity contribution in [1.29, 1.82) is 0 Å². The van der Waals surface area contributed by atoms with Gasteiger partial charge >= 0.3 is 0 Å². The summed E-state index contributed by atoms with van der Waals surface area (Å²) >= 11 is 3.12. The van der Waals surface area contributed by atoms with Crippen LogP contribution in [-0.4, -0.2) is 24.1 Å². The van der Waals surface area contributed by atoms with Crippen LogP contribution in [0.5, 0.6) is 0 Å². The molecule has 1 aliphatic carbocycles. The molecule has 1 fully saturated rings. The summed E-state index contributed by atoms with van der Waals surface area (Å²) in [5.74, 6) is -0.295. The fourth-order valence-corrected chi connectivity index (χ4v) is 3.52. The molecule has 2 unspecified atom stereocenters. The molecule has 1 aliphatic rings. The predicted molar refractivity (Wildman–Crippen MR) is 84.0 cm³/mol. The molecule has 2 atom stereocenters. The monoisotopic (exact) mass is 359 g/mol. The molecule has 1 saturated carbocycles. The first-order valence-corrected chi connectivity index (χ1v) is 7.89. The summed E-state index contributed by atoms with van der Waals surface area (Å²) in [6, 6.07) is 2.66. The van der Waals surface area contributed by atoms with Crippen LogP contribution in [0, 0.1) is 21.8 Å². The van der Waals surface area contributed by atoms with Crippen LogP contribution >= 0.6 is 15.9 Å². The van der Waals surface area contributed by atoms with Gasteiger partial charge in [0.05, 0.1) is 15.5 Å². The molecule has 5 nitrogen and oxygen atoms in total. The first kappa shape index (κ1) is 16.2. The van der Waals surface area contributed by atoms with Crippen molar-refractivity contribution >= 4 is 27.3 Å². The molecule has 0 spiro atoms. The zero-order chi connectivity index (χ0) is 15.6. The van der Waals surface area contributed by atoms with Crippen molar-refractivity contribution < 1.29 is 9.31 Å². The first-order chi connectivity index (χ1) is 9.99. The Kier molecular flexibility index (Phi) is 5.16. The van der Waals surface area contributed by atoms with Crippen LogP contribution in [0.3, 0.4) is 0 Å². The van der Waals surface area contributed by atoms with Gasteiger partial charge in [-0.3, -0.25) is 10.1 Å². The lowest BCUT2D eigenvalue weighted by Crippen LogP contribution is -2.40. The molecule has 0 radical (unpaired) electrons. The van der Waals surface area contributed by atoms with Crippen molar-refractivity contribution in [3.05, 3.63) is 32.5 Å². The maximum Gasteiger partial charge on any atom is 0.295 e. The number of nitrogens with zero attached hydrogens (tertiary/aromatic N) is 2. The number of halogens is 2. The van der Waals surface area contributed by atoms with Crippen molar-refractivity contribution in [2.75, 3.05) is 18.0 Å². The number of nitro benzene ring substituents is 1. The Bertz CT molecular complexity index is 541. The highest BCUT2D eigenvalue weighted by molar-refractivity contribution is 9.10. The van der Waals surface area contributed by atoms with Crippen LogP contribution < -0.4 is 10.6 Å².